The lowest BCUT2D eigenvalue weighted by atomic mass is 9.69. The minimum absolute atomic E-state index is 0.00886. The summed E-state index contributed by atoms with van der Waals surface area (Å²) >= 11 is 0. The predicted molar refractivity (Wildman–Crippen MR) is 93.3 cm³/mol. The molecular formula is C19H24N2O3. The van der Waals surface area contributed by atoms with Crippen molar-refractivity contribution in [1.82, 2.24) is 5.32 Å². The molecule has 2 fully saturated rings. The summed E-state index contributed by atoms with van der Waals surface area (Å²) in [7, 11) is 0. The maximum absolute atomic E-state index is 12.3. The summed E-state index contributed by atoms with van der Waals surface area (Å²) in [6.07, 6.45) is 6.33. The van der Waals surface area contributed by atoms with Gasteiger partial charge in [0.25, 0.3) is 5.69 Å². The molecule has 5 heteroatoms. The lowest BCUT2D eigenvalue weighted by Gasteiger charge is -2.39. The highest BCUT2D eigenvalue weighted by molar-refractivity contribution is 5.92. The molecule has 2 aliphatic rings. The molecule has 1 aromatic carbocycles. The van der Waals surface area contributed by atoms with Crippen LogP contribution >= 0.6 is 0 Å². The number of hydrogen-bond donors (Lipinski definition) is 1. The standard InChI is InChI=1S/C19H24N2O3/c1-18(2)14-10-11-19(18,3)16(12-14)20-17(22)9-8-13-6-4-5-7-15(13)21(23)24/h4-9,14,16H,10-12H2,1-3H3,(H,20,22)/b9-8+. The van der Waals surface area contributed by atoms with E-state index in [1.807, 2.05) is 0 Å². The van der Waals surface area contributed by atoms with Crippen molar-refractivity contribution in [3.8, 4) is 0 Å². The quantitative estimate of drug-likeness (QED) is 0.517. The number of carbonyl (C=O) groups excluding carboxylic acids is 1. The fourth-order valence-electron chi connectivity index (χ4n) is 4.60. The van der Waals surface area contributed by atoms with Gasteiger partial charge in [-0.15, -0.1) is 0 Å². The summed E-state index contributed by atoms with van der Waals surface area (Å²) in [6, 6.07) is 6.60. The lowest BCUT2D eigenvalue weighted by Crippen LogP contribution is -2.46. The van der Waals surface area contributed by atoms with Crippen molar-refractivity contribution in [1.29, 1.82) is 0 Å². The summed E-state index contributed by atoms with van der Waals surface area (Å²) < 4.78 is 0. The molecule has 3 atom stereocenters. The van der Waals surface area contributed by atoms with Gasteiger partial charge in [-0.05, 0) is 48.2 Å². The Kier molecular flexibility index (Phi) is 3.98. The van der Waals surface area contributed by atoms with Crippen LogP contribution in [0.5, 0.6) is 0 Å². The van der Waals surface area contributed by atoms with Gasteiger partial charge in [0.15, 0.2) is 0 Å². The van der Waals surface area contributed by atoms with Crippen LogP contribution in [0.4, 0.5) is 5.69 Å². The Hall–Kier alpha value is -2.17. The summed E-state index contributed by atoms with van der Waals surface area (Å²) in [4.78, 5) is 22.9. The zero-order valence-corrected chi connectivity index (χ0v) is 14.4. The Morgan fingerprint density at radius 1 is 1.33 bits per heavy atom. The van der Waals surface area contributed by atoms with E-state index in [4.69, 9.17) is 0 Å². The molecule has 128 valence electrons. The SMILES string of the molecule is CC1(C)C2CCC1(C)C(NC(=O)/C=C/c1ccccc1[N+](=O)[O-])C2. The number of hydrogen-bond acceptors (Lipinski definition) is 3. The van der Waals surface area contributed by atoms with Crippen LogP contribution in [-0.2, 0) is 4.79 Å². The van der Waals surface area contributed by atoms with Gasteiger partial charge < -0.3 is 5.32 Å². The molecule has 24 heavy (non-hydrogen) atoms. The second kappa shape index (κ2) is 5.72. The van der Waals surface area contributed by atoms with Gasteiger partial charge >= 0.3 is 0 Å². The molecule has 0 aliphatic heterocycles. The topological polar surface area (TPSA) is 72.2 Å². The van der Waals surface area contributed by atoms with Crippen molar-refractivity contribution in [2.75, 3.05) is 0 Å². The molecule has 2 bridgehead atoms. The van der Waals surface area contributed by atoms with Gasteiger partial charge in [0, 0.05) is 18.2 Å². The molecule has 0 aromatic heterocycles. The van der Waals surface area contributed by atoms with Crippen LogP contribution in [0.1, 0.15) is 45.6 Å². The van der Waals surface area contributed by atoms with Crippen LogP contribution in [0.2, 0.25) is 0 Å². The van der Waals surface area contributed by atoms with Crippen LogP contribution in [0.25, 0.3) is 6.08 Å². The maximum atomic E-state index is 12.3. The van der Waals surface area contributed by atoms with Gasteiger partial charge in [-0.1, -0.05) is 32.9 Å². The maximum Gasteiger partial charge on any atom is 0.276 e. The van der Waals surface area contributed by atoms with Crippen molar-refractivity contribution >= 4 is 17.7 Å². The van der Waals surface area contributed by atoms with E-state index in [-0.39, 0.29) is 28.5 Å². The third-order valence-corrected chi connectivity index (χ3v) is 6.66. The zero-order chi connectivity index (χ0) is 17.5. The Balaban J connectivity index is 1.71. The average Bonchev–Trinajstić information content (AvgIpc) is 2.86. The molecule has 0 saturated heterocycles. The largest absolute Gasteiger partial charge is 0.349 e. The molecule has 0 spiro atoms. The number of nitro groups is 1. The van der Waals surface area contributed by atoms with E-state index in [0.29, 0.717) is 11.5 Å². The highest BCUT2D eigenvalue weighted by atomic mass is 16.6. The van der Waals surface area contributed by atoms with E-state index < -0.39 is 4.92 Å². The first-order chi connectivity index (χ1) is 11.3. The highest BCUT2D eigenvalue weighted by Gasteiger charge is 2.61. The van der Waals surface area contributed by atoms with Crippen LogP contribution in [0.3, 0.4) is 0 Å². The molecule has 5 nitrogen and oxygen atoms in total. The number of rotatable bonds is 4. The van der Waals surface area contributed by atoms with Crippen molar-refractivity contribution < 1.29 is 9.72 Å². The molecule has 0 heterocycles. The Labute approximate surface area is 142 Å². The van der Waals surface area contributed by atoms with E-state index in [1.54, 1.807) is 18.2 Å². The van der Waals surface area contributed by atoms with Gasteiger partial charge in [0.2, 0.25) is 5.91 Å². The summed E-state index contributed by atoms with van der Waals surface area (Å²) in [6.45, 7) is 6.89. The fourth-order valence-corrected chi connectivity index (χ4v) is 4.60. The number of nitrogens with one attached hydrogen (secondary N) is 1. The molecule has 2 saturated carbocycles. The fraction of sp³-hybridized carbons (Fsp3) is 0.526. The summed E-state index contributed by atoms with van der Waals surface area (Å²) in [5.41, 5.74) is 0.818. The van der Waals surface area contributed by atoms with Crippen molar-refractivity contribution in [3.05, 3.63) is 46.0 Å². The van der Waals surface area contributed by atoms with E-state index in [1.165, 1.54) is 24.6 Å². The molecular weight excluding hydrogens is 304 g/mol. The first kappa shape index (κ1) is 16.7. The minimum atomic E-state index is -0.433. The van der Waals surface area contributed by atoms with Gasteiger partial charge in [-0.3, -0.25) is 14.9 Å². The second-order valence-corrected chi connectivity index (χ2v) is 7.82. The smallest absolute Gasteiger partial charge is 0.276 e. The van der Waals surface area contributed by atoms with Gasteiger partial charge in [-0.2, -0.15) is 0 Å². The average molecular weight is 328 g/mol. The monoisotopic (exact) mass is 328 g/mol. The van der Waals surface area contributed by atoms with Crippen molar-refractivity contribution in [2.24, 2.45) is 16.7 Å². The molecule has 3 unspecified atom stereocenters. The zero-order valence-electron chi connectivity index (χ0n) is 14.4. The van der Waals surface area contributed by atoms with Gasteiger partial charge in [0.1, 0.15) is 0 Å². The lowest BCUT2D eigenvalue weighted by molar-refractivity contribution is -0.385. The number of para-hydroxylation sites is 1. The number of benzene rings is 1. The third kappa shape index (κ3) is 2.52. The van der Waals surface area contributed by atoms with E-state index >= 15 is 0 Å². The number of fused-ring (bicyclic) bond motifs is 2. The van der Waals surface area contributed by atoms with Crippen LogP contribution in [0.15, 0.2) is 30.3 Å². The molecule has 1 amide bonds. The summed E-state index contributed by atoms with van der Waals surface area (Å²) in [5.74, 6) is 0.481. The molecule has 1 aromatic rings. The van der Waals surface area contributed by atoms with E-state index in [9.17, 15) is 14.9 Å². The Morgan fingerprint density at radius 2 is 2.04 bits per heavy atom. The molecule has 2 aliphatic carbocycles. The molecule has 1 N–H and O–H groups in total. The number of amides is 1. The minimum Gasteiger partial charge on any atom is -0.349 e. The van der Waals surface area contributed by atoms with Gasteiger partial charge in [-0.25, -0.2) is 0 Å². The molecule has 3 rings (SSSR count). The van der Waals surface area contributed by atoms with Crippen molar-refractivity contribution in [3.63, 3.8) is 0 Å². The number of carbonyl (C=O) groups is 1. The number of nitrogens with zero attached hydrogens (tertiary/aromatic N) is 1. The first-order valence-corrected chi connectivity index (χ1v) is 8.48. The Bertz CT molecular complexity index is 710. The molecule has 0 radical (unpaired) electrons. The first-order valence-electron chi connectivity index (χ1n) is 8.48. The van der Waals surface area contributed by atoms with Crippen molar-refractivity contribution in [2.45, 2.75) is 46.1 Å². The highest BCUT2D eigenvalue weighted by Crippen LogP contribution is 2.65. The van der Waals surface area contributed by atoms with Crippen LogP contribution < -0.4 is 5.32 Å². The van der Waals surface area contributed by atoms with Crippen LogP contribution in [-0.4, -0.2) is 16.9 Å². The third-order valence-electron chi connectivity index (χ3n) is 6.66. The van der Waals surface area contributed by atoms with E-state index in [0.717, 1.165) is 12.8 Å². The summed E-state index contributed by atoms with van der Waals surface area (Å²) in [5, 5.41) is 14.1. The van der Waals surface area contributed by atoms with Crippen LogP contribution in [0, 0.1) is 26.9 Å². The van der Waals surface area contributed by atoms with E-state index in [2.05, 4.69) is 26.1 Å². The predicted octanol–water partition coefficient (Wildman–Crippen LogP) is 3.94. The Morgan fingerprint density at radius 3 is 2.62 bits per heavy atom. The second-order valence-electron chi connectivity index (χ2n) is 7.82. The van der Waals surface area contributed by atoms with Gasteiger partial charge in [0.05, 0.1) is 10.5 Å². The number of nitro benzene ring substituents is 1. The normalized spacial score (nSPS) is 30.6.